The standard InChI is InChI=1S/C10H12F2N2O2/c1-6(7-4-10(11,12)5-7)14-8(9(15)16)2-3-13-14/h2-3,6-7H,4-5H2,1H3,(H,15,16)/t6-/m1/s1. The zero-order valence-electron chi connectivity index (χ0n) is 8.73. The summed E-state index contributed by atoms with van der Waals surface area (Å²) in [6.45, 7) is 1.72. The summed E-state index contributed by atoms with van der Waals surface area (Å²) in [7, 11) is 0. The lowest BCUT2D eigenvalue weighted by molar-refractivity contribution is -0.122. The fourth-order valence-electron chi connectivity index (χ4n) is 2.06. The lowest BCUT2D eigenvalue weighted by atomic mass is 9.77. The van der Waals surface area contributed by atoms with E-state index in [0.717, 1.165) is 0 Å². The maximum absolute atomic E-state index is 12.7. The van der Waals surface area contributed by atoms with Crippen LogP contribution < -0.4 is 0 Å². The second kappa shape index (κ2) is 3.54. The molecule has 0 unspecified atom stereocenters. The topological polar surface area (TPSA) is 55.1 Å². The molecular weight excluding hydrogens is 218 g/mol. The van der Waals surface area contributed by atoms with Gasteiger partial charge in [0.2, 0.25) is 5.92 Å². The zero-order valence-corrected chi connectivity index (χ0v) is 8.73. The summed E-state index contributed by atoms with van der Waals surface area (Å²) in [6, 6.07) is 1.07. The lowest BCUT2D eigenvalue weighted by Crippen LogP contribution is -2.40. The van der Waals surface area contributed by atoms with Gasteiger partial charge in [-0.05, 0) is 18.9 Å². The van der Waals surface area contributed by atoms with Gasteiger partial charge >= 0.3 is 5.97 Å². The van der Waals surface area contributed by atoms with Gasteiger partial charge < -0.3 is 5.11 Å². The molecule has 1 aliphatic rings. The molecule has 16 heavy (non-hydrogen) atoms. The molecule has 0 saturated heterocycles. The molecule has 0 aliphatic heterocycles. The van der Waals surface area contributed by atoms with Crippen molar-refractivity contribution in [3.8, 4) is 0 Å². The molecule has 0 spiro atoms. The minimum absolute atomic E-state index is 0.0442. The van der Waals surface area contributed by atoms with Gasteiger partial charge in [0.1, 0.15) is 5.69 Å². The van der Waals surface area contributed by atoms with Crippen molar-refractivity contribution in [1.29, 1.82) is 0 Å². The smallest absolute Gasteiger partial charge is 0.354 e. The second-order valence-electron chi connectivity index (χ2n) is 4.23. The minimum Gasteiger partial charge on any atom is -0.477 e. The number of halogens is 2. The first-order valence-electron chi connectivity index (χ1n) is 5.05. The van der Waals surface area contributed by atoms with E-state index in [2.05, 4.69) is 5.10 Å². The predicted octanol–water partition coefficient (Wildman–Crippen LogP) is 2.19. The van der Waals surface area contributed by atoms with E-state index in [1.54, 1.807) is 6.92 Å². The van der Waals surface area contributed by atoms with E-state index < -0.39 is 11.9 Å². The summed E-state index contributed by atoms with van der Waals surface area (Å²) >= 11 is 0. The highest BCUT2D eigenvalue weighted by Gasteiger charge is 2.48. The van der Waals surface area contributed by atoms with Crippen LogP contribution in [0.3, 0.4) is 0 Å². The van der Waals surface area contributed by atoms with Gasteiger partial charge in [0, 0.05) is 19.0 Å². The van der Waals surface area contributed by atoms with Crippen LogP contribution in [0.4, 0.5) is 8.78 Å². The van der Waals surface area contributed by atoms with Crippen LogP contribution >= 0.6 is 0 Å². The molecule has 4 nitrogen and oxygen atoms in total. The van der Waals surface area contributed by atoms with Gasteiger partial charge in [-0.2, -0.15) is 5.10 Å². The van der Waals surface area contributed by atoms with Crippen molar-refractivity contribution in [2.75, 3.05) is 0 Å². The molecule has 0 bridgehead atoms. The summed E-state index contributed by atoms with van der Waals surface area (Å²) in [4.78, 5) is 10.8. The summed E-state index contributed by atoms with van der Waals surface area (Å²) < 4.78 is 26.7. The highest BCUT2D eigenvalue weighted by atomic mass is 19.3. The van der Waals surface area contributed by atoms with Gasteiger partial charge in [0.15, 0.2) is 0 Å². The Morgan fingerprint density at radius 1 is 1.69 bits per heavy atom. The Balaban J connectivity index is 2.13. The van der Waals surface area contributed by atoms with Crippen LogP contribution in [0.1, 0.15) is 36.3 Å². The molecule has 1 saturated carbocycles. The molecule has 1 aliphatic carbocycles. The number of carboxylic acid groups (broad SMARTS) is 1. The fraction of sp³-hybridized carbons (Fsp3) is 0.600. The highest BCUT2D eigenvalue weighted by Crippen LogP contribution is 2.47. The van der Waals surface area contributed by atoms with E-state index in [4.69, 9.17) is 5.11 Å². The third kappa shape index (κ3) is 1.79. The van der Waals surface area contributed by atoms with Crippen molar-refractivity contribution >= 4 is 5.97 Å². The van der Waals surface area contributed by atoms with Gasteiger partial charge in [0.25, 0.3) is 0 Å². The number of hydrogen-bond donors (Lipinski definition) is 1. The van der Waals surface area contributed by atoms with Crippen LogP contribution in [0, 0.1) is 5.92 Å². The number of aromatic nitrogens is 2. The SMILES string of the molecule is C[C@H](C1CC(F)(F)C1)n1nccc1C(=O)O. The maximum Gasteiger partial charge on any atom is 0.354 e. The van der Waals surface area contributed by atoms with Crippen LogP contribution in [-0.2, 0) is 0 Å². The van der Waals surface area contributed by atoms with Crippen LogP contribution in [0.5, 0.6) is 0 Å². The molecule has 88 valence electrons. The van der Waals surface area contributed by atoms with E-state index in [9.17, 15) is 13.6 Å². The Bertz CT molecular complexity index is 409. The zero-order chi connectivity index (χ0) is 11.9. The van der Waals surface area contributed by atoms with Crippen molar-refractivity contribution in [2.45, 2.75) is 31.7 Å². The molecule has 0 amide bonds. The third-order valence-corrected chi connectivity index (χ3v) is 3.08. The maximum atomic E-state index is 12.7. The normalized spacial score (nSPS) is 21.4. The molecule has 0 radical (unpaired) electrons. The molecule has 6 heteroatoms. The lowest BCUT2D eigenvalue weighted by Gasteiger charge is -2.38. The number of carbonyl (C=O) groups is 1. The van der Waals surface area contributed by atoms with Crippen LogP contribution in [-0.4, -0.2) is 26.8 Å². The van der Waals surface area contributed by atoms with Crippen molar-refractivity contribution in [1.82, 2.24) is 9.78 Å². The molecule has 1 fully saturated rings. The van der Waals surface area contributed by atoms with Crippen LogP contribution in [0.2, 0.25) is 0 Å². The first-order valence-corrected chi connectivity index (χ1v) is 5.05. The van der Waals surface area contributed by atoms with Crippen molar-refractivity contribution in [3.05, 3.63) is 18.0 Å². The van der Waals surface area contributed by atoms with E-state index >= 15 is 0 Å². The number of aromatic carboxylic acids is 1. The summed E-state index contributed by atoms with van der Waals surface area (Å²) in [6.07, 6.45) is 0.997. The average molecular weight is 230 g/mol. The van der Waals surface area contributed by atoms with E-state index in [0.29, 0.717) is 0 Å². The van der Waals surface area contributed by atoms with Gasteiger partial charge in [-0.25, -0.2) is 13.6 Å². The molecule has 1 atom stereocenters. The summed E-state index contributed by atoms with van der Waals surface area (Å²) in [5, 5.41) is 12.7. The Kier molecular flexibility index (Phi) is 2.44. The van der Waals surface area contributed by atoms with Crippen molar-refractivity contribution < 1.29 is 18.7 Å². The van der Waals surface area contributed by atoms with Gasteiger partial charge in [-0.1, -0.05) is 0 Å². The van der Waals surface area contributed by atoms with E-state index in [-0.39, 0.29) is 30.5 Å². The first kappa shape index (κ1) is 11.0. The number of alkyl halides is 2. The Labute approximate surface area is 90.9 Å². The molecule has 1 aromatic rings. The van der Waals surface area contributed by atoms with E-state index in [1.807, 2.05) is 0 Å². The van der Waals surface area contributed by atoms with Gasteiger partial charge in [-0.15, -0.1) is 0 Å². The number of rotatable bonds is 3. The molecule has 0 aromatic carbocycles. The van der Waals surface area contributed by atoms with Crippen LogP contribution in [0.25, 0.3) is 0 Å². The van der Waals surface area contributed by atoms with Crippen molar-refractivity contribution in [3.63, 3.8) is 0 Å². The van der Waals surface area contributed by atoms with Gasteiger partial charge in [0.05, 0.1) is 6.04 Å². The Hall–Kier alpha value is -1.46. The number of carboxylic acids is 1. The molecular formula is C10H12F2N2O2. The highest BCUT2D eigenvalue weighted by molar-refractivity contribution is 5.85. The summed E-state index contributed by atoms with van der Waals surface area (Å²) in [5.41, 5.74) is 0.0442. The Morgan fingerprint density at radius 3 is 2.81 bits per heavy atom. The molecule has 1 heterocycles. The fourth-order valence-corrected chi connectivity index (χ4v) is 2.06. The quantitative estimate of drug-likeness (QED) is 0.865. The van der Waals surface area contributed by atoms with Crippen LogP contribution in [0.15, 0.2) is 12.3 Å². The number of hydrogen-bond acceptors (Lipinski definition) is 2. The van der Waals surface area contributed by atoms with E-state index in [1.165, 1.54) is 16.9 Å². The predicted molar refractivity (Wildman–Crippen MR) is 51.6 cm³/mol. The molecule has 1 aromatic heterocycles. The van der Waals surface area contributed by atoms with Crippen molar-refractivity contribution in [2.24, 2.45) is 5.92 Å². The monoisotopic (exact) mass is 230 g/mol. The average Bonchev–Trinajstić information content (AvgIpc) is 2.60. The largest absolute Gasteiger partial charge is 0.477 e. The molecule has 1 N–H and O–H groups in total. The number of nitrogens with zero attached hydrogens (tertiary/aromatic N) is 2. The second-order valence-corrected chi connectivity index (χ2v) is 4.23. The third-order valence-electron chi connectivity index (χ3n) is 3.08. The summed E-state index contributed by atoms with van der Waals surface area (Å²) in [5.74, 6) is -3.88. The molecule has 2 rings (SSSR count). The minimum atomic E-state index is -2.59. The first-order chi connectivity index (χ1) is 7.41. The Morgan fingerprint density at radius 2 is 2.31 bits per heavy atom. The van der Waals surface area contributed by atoms with Gasteiger partial charge in [-0.3, -0.25) is 4.68 Å².